The molecule has 0 saturated carbocycles. The Bertz CT molecular complexity index is 1510. The van der Waals surface area contributed by atoms with Gasteiger partial charge in [0.1, 0.15) is 0 Å². The molecular formula is C32H34Cl2SiZr. The second kappa shape index (κ2) is 9.55. The molecule has 0 amide bonds. The molecule has 0 aromatic heterocycles. The standard InChI is InChI=1S/C15H13.C15H11.2CH3.2ClH.H2Si.Zr/c1-10-3-5-12-9-13-6-4-11(2)8-15(13)14(12)7-10;1-2-6-12(7-3-1)15-11-10-13-8-4-5-9-14(13)15;;;;;;/h3-9H,1-2H3;1-11H;2*1H3;2*1H;1H2;. The fourth-order valence-electron chi connectivity index (χ4n) is 6.69. The van der Waals surface area contributed by atoms with Crippen LogP contribution < -0.4 is 0 Å². The fourth-order valence-corrected chi connectivity index (χ4v) is 23.3. The molecular weight excluding hydrogens is 575 g/mol. The van der Waals surface area contributed by atoms with Gasteiger partial charge in [0.25, 0.3) is 0 Å². The van der Waals surface area contributed by atoms with Crippen LogP contribution in [0.2, 0.25) is 9.26 Å². The zero-order chi connectivity index (χ0) is 23.7. The maximum absolute atomic E-state index is 3.51. The van der Waals surface area contributed by atoms with E-state index in [1.165, 1.54) is 39.0 Å². The molecule has 0 saturated heterocycles. The molecule has 36 heavy (non-hydrogen) atoms. The molecule has 4 heteroatoms. The minimum Gasteiger partial charge on any atom is -0.147 e. The van der Waals surface area contributed by atoms with Crippen molar-refractivity contribution >= 4 is 37.3 Å². The molecule has 1 unspecified atom stereocenters. The number of allylic oxidation sites excluding steroid dienone is 1. The summed E-state index contributed by atoms with van der Waals surface area (Å²) in [7, 11) is 0. The zero-order valence-corrected chi connectivity index (χ0v) is 26.9. The summed E-state index contributed by atoms with van der Waals surface area (Å²) in [5.74, 6) is 0. The Hall–Kier alpha value is -1.70. The monoisotopic (exact) mass is 606 g/mol. The van der Waals surface area contributed by atoms with E-state index in [0.29, 0.717) is 7.25 Å². The molecule has 0 heterocycles. The molecule has 6 rings (SSSR count). The molecule has 0 fully saturated rings. The van der Waals surface area contributed by atoms with Crippen molar-refractivity contribution in [1.82, 2.24) is 0 Å². The Kier molecular flexibility index (Phi) is 7.26. The summed E-state index contributed by atoms with van der Waals surface area (Å²) >= 11 is -3.51. The molecule has 1 atom stereocenters. The van der Waals surface area contributed by atoms with Crippen LogP contribution in [-0.2, 0) is 17.4 Å². The molecule has 4 aromatic rings. The summed E-state index contributed by atoms with van der Waals surface area (Å²) in [5.41, 5.74) is 14.5. The van der Waals surface area contributed by atoms with Gasteiger partial charge in [-0.25, -0.2) is 0 Å². The van der Waals surface area contributed by atoms with Crippen LogP contribution in [0.25, 0.3) is 16.7 Å². The maximum atomic E-state index is 2.72. The topological polar surface area (TPSA) is 0 Å². The van der Waals surface area contributed by atoms with Crippen molar-refractivity contribution in [3.05, 3.63) is 136 Å². The van der Waals surface area contributed by atoms with Crippen LogP contribution in [0.3, 0.4) is 0 Å². The van der Waals surface area contributed by atoms with Crippen molar-refractivity contribution in [2.45, 2.75) is 30.4 Å². The van der Waals surface area contributed by atoms with E-state index in [1.54, 1.807) is 16.7 Å². The van der Waals surface area contributed by atoms with E-state index < -0.39 is 17.4 Å². The predicted octanol–water partition coefficient (Wildman–Crippen LogP) is 8.74. The number of hydrogen-bond acceptors (Lipinski definition) is 0. The Labute approximate surface area is 230 Å². The van der Waals surface area contributed by atoms with Crippen LogP contribution in [-0.4, -0.2) is 6.88 Å². The Balaban J connectivity index is 0.00000152. The van der Waals surface area contributed by atoms with E-state index in [2.05, 4.69) is 127 Å². The summed E-state index contributed by atoms with van der Waals surface area (Å²) < 4.78 is 6.47. The van der Waals surface area contributed by atoms with Gasteiger partial charge in [0.05, 0.1) is 0 Å². The normalized spacial score (nSPS) is 16.2. The third-order valence-electron chi connectivity index (χ3n) is 8.30. The van der Waals surface area contributed by atoms with Crippen molar-refractivity contribution in [2.24, 2.45) is 0 Å². The number of aryl methyl sites for hydroxylation is 2. The minimum atomic E-state index is -3.51. The second-order valence-corrected chi connectivity index (χ2v) is 42.1. The third kappa shape index (κ3) is 4.15. The summed E-state index contributed by atoms with van der Waals surface area (Å²) in [6, 6.07) is 34.6. The number of hydrogen-bond donors (Lipinski definition) is 0. The van der Waals surface area contributed by atoms with E-state index >= 15 is 0 Å². The van der Waals surface area contributed by atoms with Crippen molar-refractivity contribution in [2.75, 3.05) is 0 Å². The van der Waals surface area contributed by atoms with Crippen LogP contribution in [0.15, 0.2) is 97.1 Å². The van der Waals surface area contributed by atoms with Crippen LogP contribution in [0, 0.1) is 13.8 Å². The van der Waals surface area contributed by atoms with E-state index in [0.717, 1.165) is 0 Å². The maximum Gasteiger partial charge on any atom is -0.147 e. The first kappa shape index (κ1) is 27.3. The SMILES string of the molecule is Cc1ccc2c(c1)-c1cc(C)ccc1[CH]2[Zr]([CH3])([CH3])(=[SiH2])[CH]1C=C(c2ccccc2)c2ccccc21.Cl.Cl. The molecule has 2 aliphatic rings. The van der Waals surface area contributed by atoms with Crippen LogP contribution >= 0.6 is 24.8 Å². The molecule has 184 valence electrons. The van der Waals surface area contributed by atoms with Gasteiger partial charge >= 0.3 is 207 Å². The Morgan fingerprint density at radius 2 is 1.14 bits per heavy atom. The largest absolute Gasteiger partial charge is 0.147 e. The van der Waals surface area contributed by atoms with Gasteiger partial charge in [-0.3, -0.25) is 0 Å². The first-order chi connectivity index (χ1) is 16.2. The number of halogens is 2. The van der Waals surface area contributed by atoms with E-state index in [4.69, 9.17) is 0 Å². The van der Waals surface area contributed by atoms with Crippen molar-refractivity contribution in [1.29, 1.82) is 0 Å². The van der Waals surface area contributed by atoms with Gasteiger partial charge in [0.2, 0.25) is 0 Å². The smallest absolute Gasteiger partial charge is 0.147 e. The number of benzene rings is 4. The first-order valence-electron chi connectivity index (χ1n) is 12.4. The Morgan fingerprint density at radius 1 is 0.611 bits per heavy atom. The minimum absolute atomic E-state index is 0. The van der Waals surface area contributed by atoms with E-state index in [9.17, 15) is 0 Å². The molecule has 0 nitrogen and oxygen atoms in total. The van der Waals surface area contributed by atoms with Gasteiger partial charge in [-0.15, -0.1) is 24.8 Å². The van der Waals surface area contributed by atoms with Crippen molar-refractivity contribution in [3.8, 4) is 11.1 Å². The van der Waals surface area contributed by atoms with Gasteiger partial charge in [0.15, 0.2) is 0 Å². The zero-order valence-electron chi connectivity index (χ0n) is 21.4. The molecule has 0 spiro atoms. The van der Waals surface area contributed by atoms with Gasteiger partial charge in [-0.05, 0) is 0 Å². The molecule has 0 N–H and O–H groups in total. The quantitative estimate of drug-likeness (QED) is 0.204. The average molecular weight is 609 g/mol. The van der Waals surface area contributed by atoms with Gasteiger partial charge < -0.3 is 0 Å². The van der Waals surface area contributed by atoms with E-state index in [-0.39, 0.29) is 24.8 Å². The summed E-state index contributed by atoms with van der Waals surface area (Å²) in [5, 5.41) is 0. The third-order valence-corrected chi connectivity index (χ3v) is 25.7. The molecule has 2 aliphatic carbocycles. The van der Waals surface area contributed by atoms with Gasteiger partial charge in [-0.1, -0.05) is 0 Å². The van der Waals surface area contributed by atoms with Crippen molar-refractivity contribution in [3.63, 3.8) is 0 Å². The summed E-state index contributed by atoms with van der Waals surface area (Å²) in [6.07, 6.45) is 2.65. The van der Waals surface area contributed by atoms with E-state index in [1.807, 2.05) is 0 Å². The van der Waals surface area contributed by atoms with Crippen LogP contribution in [0.5, 0.6) is 0 Å². The number of fused-ring (bicyclic) bond motifs is 4. The molecule has 0 bridgehead atoms. The average Bonchev–Trinajstić information content (AvgIpc) is 3.37. The van der Waals surface area contributed by atoms with Gasteiger partial charge in [-0.2, -0.15) is 0 Å². The molecule has 0 aliphatic heterocycles. The van der Waals surface area contributed by atoms with Crippen molar-refractivity contribution < 1.29 is 17.4 Å². The first-order valence-corrected chi connectivity index (χ1v) is 26.1. The molecule has 0 radical (unpaired) electrons. The van der Waals surface area contributed by atoms with Crippen LogP contribution in [0.1, 0.15) is 46.2 Å². The molecule has 4 aromatic carbocycles. The van der Waals surface area contributed by atoms with Crippen LogP contribution in [0.4, 0.5) is 0 Å². The number of rotatable bonds is 3. The summed E-state index contributed by atoms with van der Waals surface area (Å²) in [4.78, 5) is 0. The Morgan fingerprint density at radius 3 is 1.72 bits per heavy atom. The van der Waals surface area contributed by atoms with Gasteiger partial charge in [0, 0.05) is 0 Å². The predicted molar refractivity (Wildman–Crippen MR) is 161 cm³/mol. The second-order valence-electron chi connectivity index (χ2n) is 11.6. The summed E-state index contributed by atoms with van der Waals surface area (Å²) in [6.45, 7) is 6.87. The fraction of sp³-hybridized carbons (Fsp3) is 0.188.